The maximum Gasteiger partial charge on any atom is 0.233 e. The minimum absolute atomic E-state index is 0.470. The lowest BCUT2D eigenvalue weighted by Crippen LogP contribution is -2.08. The van der Waals surface area contributed by atoms with Crippen LogP contribution in [-0.2, 0) is 7.05 Å². The summed E-state index contributed by atoms with van der Waals surface area (Å²) in [5, 5.41) is 6.66. The van der Waals surface area contributed by atoms with E-state index in [1.165, 1.54) is 0 Å². The van der Waals surface area contributed by atoms with Gasteiger partial charge in [-0.05, 0) is 30.7 Å². The van der Waals surface area contributed by atoms with Gasteiger partial charge in [-0.1, -0.05) is 37.3 Å². The highest BCUT2D eigenvalue weighted by molar-refractivity contribution is 5.86. The van der Waals surface area contributed by atoms with Gasteiger partial charge in [-0.15, -0.1) is 0 Å². The lowest BCUT2D eigenvalue weighted by atomic mass is 10.3. The number of hydrogen-bond donors (Lipinski definition) is 2. The summed E-state index contributed by atoms with van der Waals surface area (Å²) in [4.78, 5) is 18.7. The first-order valence-corrected chi connectivity index (χ1v) is 9.97. The maximum atomic E-state index is 4.77. The molecule has 8 heteroatoms. The number of benzene rings is 2. The van der Waals surface area contributed by atoms with Gasteiger partial charge in [0.05, 0.1) is 11.0 Å². The average Bonchev–Trinajstić information content (AvgIpc) is 3.34. The summed E-state index contributed by atoms with van der Waals surface area (Å²) < 4.78 is 3.96. The standard InChI is InChI=1S/C22H22N8/c1-3-13-23-19-18-20(30(14-24-18)15-9-5-4-6-10-15)27-21(26-19)28-22-25-16-11-7-8-12-17(16)29(22)2/h4-12,14H,3,13H2,1-2H3,(H2,23,25,26,27,28). The van der Waals surface area contributed by atoms with Gasteiger partial charge in [-0.3, -0.25) is 9.88 Å². The second kappa shape index (κ2) is 7.47. The molecule has 5 rings (SSSR count). The Morgan fingerprint density at radius 3 is 2.53 bits per heavy atom. The van der Waals surface area contributed by atoms with Gasteiger partial charge in [0.25, 0.3) is 0 Å². The zero-order valence-corrected chi connectivity index (χ0v) is 16.9. The molecule has 0 radical (unpaired) electrons. The predicted octanol–water partition coefficient (Wildman–Crippen LogP) is 4.27. The smallest absolute Gasteiger partial charge is 0.233 e. The lowest BCUT2D eigenvalue weighted by molar-refractivity contribution is 0.946. The van der Waals surface area contributed by atoms with Crippen LogP contribution in [-0.4, -0.2) is 35.6 Å². The number of hydrogen-bond acceptors (Lipinski definition) is 6. The van der Waals surface area contributed by atoms with Gasteiger partial charge in [0.2, 0.25) is 11.9 Å². The Morgan fingerprint density at radius 1 is 0.933 bits per heavy atom. The molecule has 0 aliphatic carbocycles. The fourth-order valence-electron chi connectivity index (χ4n) is 3.46. The highest BCUT2D eigenvalue weighted by atomic mass is 15.3. The van der Waals surface area contributed by atoms with Crippen LogP contribution in [0.2, 0.25) is 0 Å². The van der Waals surface area contributed by atoms with E-state index in [1.54, 1.807) is 6.33 Å². The maximum absolute atomic E-state index is 4.77. The Morgan fingerprint density at radius 2 is 1.73 bits per heavy atom. The quantitative estimate of drug-likeness (QED) is 0.444. The molecular weight excluding hydrogens is 376 g/mol. The number of imidazole rings is 2. The Labute approximate surface area is 173 Å². The zero-order chi connectivity index (χ0) is 20.5. The zero-order valence-electron chi connectivity index (χ0n) is 16.9. The van der Waals surface area contributed by atoms with Crippen LogP contribution < -0.4 is 10.6 Å². The van der Waals surface area contributed by atoms with E-state index in [1.807, 2.05) is 70.8 Å². The molecule has 5 aromatic rings. The van der Waals surface area contributed by atoms with Crippen LogP contribution >= 0.6 is 0 Å². The predicted molar refractivity (Wildman–Crippen MR) is 119 cm³/mol. The minimum atomic E-state index is 0.470. The summed E-state index contributed by atoms with van der Waals surface area (Å²) >= 11 is 0. The van der Waals surface area contributed by atoms with Crippen molar-refractivity contribution in [3.8, 4) is 5.69 Å². The molecule has 0 fully saturated rings. The number of nitrogens with zero attached hydrogens (tertiary/aromatic N) is 6. The molecule has 0 atom stereocenters. The number of aryl methyl sites for hydroxylation is 1. The van der Waals surface area contributed by atoms with Gasteiger partial charge < -0.3 is 9.88 Å². The first kappa shape index (κ1) is 18.1. The molecule has 0 spiro atoms. The largest absolute Gasteiger partial charge is 0.368 e. The van der Waals surface area contributed by atoms with Crippen LogP contribution in [0.5, 0.6) is 0 Å². The molecule has 30 heavy (non-hydrogen) atoms. The third-order valence-electron chi connectivity index (χ3n) is 4.98. The van der Waals surface area contributed by atoms with E-state index < -0.39 is 0 Å². The molecule has 3 aromatic heterocycles. The van der Waals surface area contributed by atoms with Gasteiger partial charge in [0.1, 0.15) is 6.33 Å². The van der Waals surface area contributed by atoms with E-state index >= 15 is 0 Å². The van der Waals surface area contributed by atoms with Gasteiger partial charge in [0, 0.05) is 19.3 Å². The third-order valence-corrected chi connectivity index (χ3v) is 4.98. The second-order valence-corrected chi connectivity index (χ2v) is 7.05. The first-order valence-electron chi connectivity index (χ1n) is 9.97. The van der Waals surface area contributed by atoms with Crippen molar-refractivity contribution in [1.29, 1.82) is 0 Å². The monoisotopic (exact) mass is 398 g/mol. The van der Waals surface area contributed by atoms with Crippen LogP contribution in [0.3, 0.4) is 0 Å². The van der Waals surface area contributed by atoms with Gasteiger partial charge >= 0.3 is 0 Å². The molecule has 2 aromatic carbocycles. The summed E-state index contributed by atoms with van der Waals surface area (Å²) in [6.45, 7) is 2.92. The van der Waals surface area contributed by atoms with E-state index in [9.17, 15) is 0 Å². The van der Waals surface area contributed by atoms with Crippen LogP contribution in [0.25, 0.3) is 27.9 Å². The Balaban J connectivity index is 1.62. The van der Waals surface area contributed by atoms with Crippen molar-refractivity contribution in [3.63, 3.8) is 0 Å². The number of nitrogens with one attached hydrogen (secondary N) is 2. The van der Waals surface area contributed by atoms with Crippen LogP contribution in [0.1, 0.15) is 13.3 Å². The normalized spacial score (nSPS) is 11.3. The van der Waals surface area contributed by atoms with Crippen molar-refractivity contribution < 1.29 is 0 Å². The number of para-hydroxylation sites is 3. The summed E-state index contributed by atoms with van der Waals surface area (Å²) in [5.41, 5.74) is 4.43. The molecule has 150 valence electrons. The lowest BCUT2D eigenvalue weighted by Gasteiger charge is -2.10. The number of aromatic nitrogens is 6. The molecule has 0 saturated carbocycles. The fraction of sp³-hybridized carbons (Fsp3) is 0.182. The van der Waals surface area contributed by atoms with E-state index in [0.717, 1.165) is 40.9 Å². The molecule has 0 amide bonds. The molecule has 2 N–H and O–H groups in total. The minimum Gasteiger partial charge on any atom is -0.368 e. The topological polar surface area (TPSA) is 85.5 Å². The Bertz CT molecular complexity index is 1320. The van der Waals surface area contributed by atoms with Crippen molar-refractivity contribution in [2.45, 2.75) is 13.3 Å². The molecule has 0 unspecified atom stereocenters. The summed E-state index contributed by atoms with van der Waals surface area (Å²) in [6, 6.07) is 18.1. The van der Waals surface area contributed by atoms with E-state index in [-0.39, 0.29) is 0 Å². The SMILES string of the molecule is CCCNc1nc(Nc2nc3ccccc3n2C)nc2c1ncn2-c1ccccc1. The Kier molecular flexibility index (Phi) is 4.51. The summed E-state index contributed by atoms with van der Waals surface area (Å²) in [5.74, 6) is 1.86. The molecule has 3 heterocycles. The highest BCUT2D eigenvalue weighted by Gasteiger charge is 2.16. The fourth-order valence-corrected chi connectivity index (χ4v) is 3.46. The molecule has 8 nitrogen and oxygen atoms in total. The first-order chi connectivity index (χ1) is 14.7. The summed E-state index contributed by atoms with van der Waals surface area (Å²) in [7, 11) is 1.97. The van der Waals surface area contributed by atoms with Gasteiger partial charge in [-0.25, -0.2) is 9.97 Å². The van der Waals surface area contributed by atoms with E-state index in [2.05, 4.69) is 32.5 Å². The van der Waals surface area contributed by atoms with Crippen molar-refractivity contribution in [2.24, 2.45) is 7.05 Å². The number of rotatable bonds is 6. The Hall–Kier alpha value is -3.94. The third kappa shape index (κ3) is 3.12. The van der Waals surface area contributed by atoms with Crippen LogP contribution in [0, 0.1) is 0 Å². The van der Waals surface area contributed by atoms with Crippen LogP contribution in [0.4, 0.5) is 17.7 Å². The molecule has 0 aliphatic rings. The van der Waals surface area contributed by atoms with Crippen molar-refractivity contribution in [2.75, 3.05) is 17.2 Å². The van der Waals surface area contributed by atoms with Crippen molar-refractivity contribution in [1.82, 2.24) is 29.1 Å². The van der Waals surface area contributed by atoms with Gasteiger partial charge in [-0.2, -0.15) is 9.97 Å². The second-order valence-electron chi connectivity index (χ2n) is 7.05. The molecule has 0 bridgehead atoms. The van der Waals surface area contributed by atoms with Crippen molar-refractivity contribution >= 4 is 39.9 Å². The van der Waals surface area contributed by atoms with Crippen LogP contribution in [0.15, 0.2) is 60.9 Å². The molecule has 0 aliphatic heterocycles. The van der Waals surface area contributed by atoms with Gasteiger partial charge in [0.15, 0.2) is 17.0 Å². The van der Waals surface area contributed by atoms with E-state index in [0.29, 0.717) is 17.7 Å². The number of anilines is 3. The highest BCUT2D eigenvalue weighted by Crippen LogP contribution is 2.26. The molecule has 0 saturated heterocycles. The number of fused-ring (bicyclic) bond motifs is 2. The summed E-state index contributed by atoms with van der Waals surface area (Å²) in [6.07, 6.45) is 2.77. The average molecular weight is 398 g/mol. The molecular formula is C22H22N8. The van der Waals surface area contributed by atoms with Crippen molar-refractivity contribution in [3.05, 3.63) is 60.9 Å². The van der Waals surface area contributed by atoms with E-state index in [4.69, 9.17) is 4.98 Å².